The van der Waals surface area contributed by atoms with Gasteiger partial charge in [-0.3, -0.25) is 4.79 Å². The predicted molar refractivity (Wildman–Crippen MR) is 81.1 cm³/mol. The van der Waals surface area contributed by atoms with Crippen molar-refractivity contribution in [2.75, 3.05) is 20.3 Å². The van der Waals surface area contributed by atoms with E-state index >= 15 is 0 Å². The number of benzene rings is 1. The van der Waals surface area contributed by atoms with E-state index in [9.17, 15) is 4.79 Å². The molecule has 1 N–H and O–H groups in total. The number of carbonyl (C=O) groups is 1. The van der Waals surface area contributed by atoms with Gasteiger partial charge < -0.3 is 14.8 Å². The molecule has 0 fully saturated rings. The summed E-state index contributed by atoms with van der Waals surface area (Å²) >= 11 is 0. The van der Waals surface area contributed by atoms with Gasteiger partial charge in [-0.25, -0.2) is 0 Å². The van der Waals surface area contributed by atoms with Gasteiger partial charge in [-0.05, 0) is 37.1 Å². The minimum absolute atomic E-state index is 0.0766. The van der Waals surface area contributed by atoms with Crippen molar-refractivity contribution in [2.45, 2.75) is 26.7 Å². The minimum atomic E-state index is -0.0766. The summed E-state index contributed by atoms with van der Waals surface area (Å²) in [6.07, 6.45) is 5.37. The highest BCUT2D eigenvalue weighted by molar-refractivity contribution is 5.91. The van der Waals surface area contributed by atoms with Gasteiger partial charge in [0, 0.05) is 12.6 Å². The molecule has 0 radical (unpaired) electrons. The smallest absolute Gasteiger partial charge is 0.243 e. The van der Waals surface area contributed by atoms with Gasteiger partial charge >= 0.3 is 0 Å². The number of methoxy groups -OCH3 is 1. The molecule has 0 aliphatic carbocycles. The Labute approximate surface area is 120 Å². The summed E-state index contributed by atoms with van der Waals surface area (Å²) in [6, 6.07) is 5.58. The van der Waals surface area contributed by atoms with Crippen molar-refractivity contribution in [3.63, 3.8) is 0 Å². The summed E-state index contributed by atoms with van der Waals surface area (Å²) < 4.78 is 10.7. The molecule has 1 rings (SSSR count). The van der Waals surface area contributed by atoms with E-state index in [1.54, 1.807) is 13.2 Å². The fraction of sp³-hybridized carbons (Fsp3) is 0.438. The molecule has 4 heteroatoms. The van der Waals surface area contributed by atoms with Crippen LogP contribution in [-0.2, 0) is 4.79 Å². The van der Waals surface area contributed by atoms with E-state index in [2.05, 4.69) is 12.2 Å². The van der Waals surface area contributed by atoms with Gasteiger partial charge in [0.1, 0.15) is 0 Å². The van der Waals surface area contributed by atoms with Crippen LogP contribution in [0.15, 0.2) is 24.3 Å². The van der Waals surface area contributed by atoms with Crippen LogP contribution in [0.1, 0.15) is 32.3 Å². The zero-order chi connectivity index (χ0) is 14.8. The predicted octanol–water partition coefficient (Wildman–Crippen LogP) is 3.02. The van der Waals surface area contributed by atoms with Gasteiger partial charge in [-0.1, -0.05) is 19.4 Å². The number of nitrogens with one attached hydrogen (secondary N) is 1. The number of unbranched alkanes of at least 4 members (excludes halogenated alkanes) is 1. The van der Waals surface area contributed by atoms with Crippen molar-refractivity contribution in [3.8, 4) is 11.5 Å². The van der Waals surface area contributed by atoms with E-state index in [1.165, 1.54) is 6.08 Å². The number of hydrogen-bond donors (Lipinski definition) is 1. The summed E-state index contributed by atoms with van der Waals surface area (Å²) in [5, 5.41) is 2.83. The van der Waals surface area contributed by atoms with Gasteiger partial charge in [0.15, 0.2) is 11.5 Å². The SMILES string of the molecule is CCCCNC(=O)/C=C/c1ccc(OC)c(OCC)c1. The number of amides is 1. The molecule has 110 valence electrons. The van der Waals surface area contributed by atoms with Crippen LogP contribution < -0.4 is 14.8 Å². The van der Waals surface area contributed by atoms with Crippen LogP contribution in [0.5, 0.6) is 11.5 Å². The lowest BCUT2D eigenvalue weighted by Crippen LogP contribution is -2.21. The third-order valence-corrected chi connectivity index (χ3v) is 2.74. The Hall–Kier alpha value is -1.97. The normalized spacial score (nSPS) is 10.6. The van der Waals surface area contributed by atoms with Crippen molar-refractivity contribution in [1.82, 2.24) is 5.32 Å². The van der Waals surface area contributed by atoms with Crippen LogP contribution in [-0.4, -0.2) is 26.2 Å². The van der Waals surface area contributed by atoms with Gasteiger partial charge in [0.05, 0.1) is 13.7 Å². The molecule has 0 atom stereocenters. The number of ether oxygens (including phenoxy) is 2. The van der Waals surface area contributed by atoms with Gasteiger partial charge in [-0.15, -0.1) is 0 Å². The van der Waals surface area contributed by atoms with E-state index in [-0.39, 0.29) is 5.91 Å². The molecule has 0 bridgehead atoms. The molecule has 0 saturated heterocycles. The van der Waals surface area contributed by atoms with E-state index < -0.39 is 0 Å². The van der Waals surface area contributed by atoms with Crippen molar-refractivity contribution in [3.05, 3.63) is 29.8 Å². The van der Waals surface area contributed by atoms with Crippen molar-refractivity contribution in [2.24, 2.45) is 0 Å². The number of rotatable bonds is 8. The lowest BCUT2D eigenvalue weighted by Gasteiger charge is -2.09. The van der Waals surface area contributed by atoms with Gasteiger partial charge in [-0.2, -0.15) is 0 Å². The van der Waals surface area contributed by atoms with Crippen LogP contribution in [0.4, 0.5) is 0 Å². The molecule has 4 nitrogen and oxygen atoms in total. The first kappa shape index (κ1) is 16.1. The van der Waals surface area contributed by atoms with Crippen LogP contribution in [0.2, 0.25) is 0 Å². The average molecular weight is 277 g/mol. The fourth-order valence-corrected chi connectivity index (χ4v) is 1.68. The van der Waals surface area contributed by atoms with E-state index in [0.29, 0.717) is 24.7 Å². The van der Waals surface area contributed by atoms with Crippen molar-refractivity contribution >= 4 is 12.0 Å². The minimum Gasteiger partial charge on any atom is -0.493 e. The van der Waals surface area contributed by atoms with E-state index in [1.807, 2.05) is 25.1 Å². The molecule has 1 aromatic rings. The Bertz CT molecular complexity index is 455. The maximum absolute atomic E-state index is 11.6. The summed E-state index contributed by atoms with van der Waals surface area (Å²) in [5.41, 5.74) is 0.903. The highest BCUT2D eigenvalue weighted by Gasteiger charge is 2.04. The van der Waals surface area contributed by atoms with E-state index in [0.717, 1.165) is 18.4 Å². The van der Waals surface area contributed by atoms with E-state index in [4.69, 9.17) is 9.47 Å². The second-order valence-electron chi connectivity index (χ2n) is 4.32. The first-order valence-electron chi connectivity index (χ1n) is 6.98. The third-order valence-electron chi connectivity index (χ3n) is 2.74. The summed E-state index contributed by atoms with van der Waals surface area (Å²) in [6.45, 7) is 5.30. The number of carbonyl (C=O) groups excluding carboxylic acids is 1. The quantitative estimate of drug-likeness (QED) is 0.587. The lowest BCUT2D eigenvalue weighted by molar-refractivity contribution is -0.116. The molecule has 1 amide bonds. The molecule has 0 aliphatic rings. The Balaban J connectivity index is 2.67. The Morgan fingerprint density at radius 3 is 2.75 bits per heavy atom. The maximum atomic E-state index is 11.6. The molecule has 1 aromatic carbocycles. The molecule has 0 aliphatic heterocycles. The summed E-state index contributed by atoms with van der Waals surface area (Å²) in [4.78, 5) is 11.6. The summed E-state index contributed by atoms with van der Waals surface area (Å²) in [5.74, 6) is 1.30. The van der Waals surface area contributed by atoms with Crippen LogP contribution in [0.25, 0.3) is 6.08 Å². The molecular weight excluding hydrogens is 254 g/mol. The Morgan fingerprint density at radius 2 is 2.10 bits per heavy atom. The third kappa shape index (κ3) is 5.34. The Morgan fingerprint density at radius 1 is 1.30 bits per heavy atom. The largest absolute Gasteiger partial charge is 0.493 e. The highest BCUT2D eigenvalue weighted by atomic mass is 16.5. The second kappa shape index (κ2) is 9.02. The highest BCUT2D eigenvalue weighted by Crippen LogP contribution is 2.28. The monoisotopic (exact) mass is 277 g/mol. The maximum Gasteiger partial charge on any atom is 0.243 e. The van der Waals surface area contributed by atoms with Crippen molar-refractivity contribution < 1.29 is 14.3 Å². The molecule has 0 saturated carbocycles. The standard InChI is InChI=1S/C16H23NO3/c1-4-6-11-17-16(18)10-8-13-7-9-14(19-3)15(12-13)20-5-2/h7-10,12H,4-6,11H2,1-3H3,(H,17,18)/b10-8+. The topological polar surface area (TPSA) is 47.6 Å². The van der Waals surface area contributed by atoms with Crippen LogP contribution in [0, 0.1) is 0 Å². The fourth-order valence-electron chi connectivity index (χ4n) is 1.68. The second-order valence-corrected chi connectivity index (χ2v) is 4.32. The molecule has 0 spiro atoms. The molecule has 0 heterocycles. The summed E-state index contributed by atoms with van der Waals surface area (Å²) in [7, 11) is 1.61. The lowest BCUT2D eigenvalue weighted by atomic mass is 10.2. The first-order valence-corrected chi connectivity index (χ1v) is 6.98. The van der Waals surface area contributed by atoms with Crippen molar-refractivity contribution in [1.29, 1.82) is 0 Å². The zero-order valence-corrected chi connectivity index (χ0v) is 12.4. The van der Waals surface area contributed by atoms with Crippen LogP contribution in [0.3, 0.4) is 0 Å². The van der Waals surface area contributed by atoms with Gasteiger partial charge in [0.25, 0.3) is 0 Å². The molecule has 0 aromatic heterocycles. The van der Waals surface area contributed by atoms with Gasteiger partial charge in [0.2, 0.25) is 5.91 Å². The Kier molecular flexibility index (Phi) is 7.25. The molecule has 20 heavy (non-hydrogen) atoms. The average Bonchev–Trinajstić information content (AvgIpc) is 2.46. The molecule has 0 unspecified atom stereocenters. The zero-order valence-electron chi connectivity index (χ0n) is 12.4. The first-order chi connectivity index (χ1) is 9.71. The number of hydrogen-bond acceptors (Lipinski definition) is 3. The van der Waals surface area contributed by atoms with Crippen LogP contribution >= 0.6 is 0 Å². The molecular formula is C16H23NO3.